The number of nitrogens with two attached hydrogens (primary N) is 2. The molecule has 0 unspecified atom stereocenters. The van der Waals surface area contributed by atoms with Gasteiger partial charge in [-0.2, -0.15) is 5.26 Å². The second kappa shape index (κ2) is 3.20. The normalized spacial score (nSPS) is 10.2. The zero-order valence-corrected chi connectivity index (χ0v) is 8.27. The van der Waals surface area contributed by atoms with Crippen LogP contribution in [-0.4, -0.2) is 0 Å². The molecular formula is C10H9N3S. The van der Waals surface area contributed by atoms with Gasteiger partial charge in [0.05, 0.1) is 28.6 Å². The molecule has 0 amide bonds. The lowest BCUT2D eigenvalue weighted by Crippen LogP contribution is -1.96. The number of hydrogen-bond donors (Lipinski definition) is 2. The van der Waals surface area contributed by atoms with Crippen LogP contribution in [0.4, 0.5) is 11.4 Å². The Bertz CT molecular complexity index is 522. The SMILES string of the molecule is N#CCc1cc(N)c(N)c2sccc12. The number of thiophene rings is 1. The van der Waals surface area contributed by atoms with Crippen LogP contribution in [0.1, 0.15) is 5.56 Å². The highest BCUT2D eigenvalue weighted by atomic mass is 32.1. The molecule has 2 rings (SSSR count). The largest absolute Gasteiger partial charge is 0.397 e. The van der Waals surface area contributed by atoms with Crippen molar-refractivity contribution < 1.29 is 0 Å². The van der Waals surface area contributed by atoms with Gasteiger partial charge in [0.2, 0.25) is 0 Å². The molecule has 14 heavy (non-hydrogen) atoms. The lowest BCUT2D eigenvalue weighted by molar-refractivity contribution is 1.29. The molecule has 1 heterocycles. The van der Waals surface area contributed by atoms with E-state index in [1.165, 1.54) is 0 Å². The van der Waals surface area contributed by atoms with E-state index in [2.05, 4.69) is 6.07 Å². The second-order valence-corrected chi connectivity index (χ2v) is 3.95. The van der Waals surface area contributed by atoms with E-state index in [4.69, 9.17) is 16.7 Å². The van der Waals surface area contributed by atoms with Gasteiger partial charge in [0, 0.05) is 0 Å². The summed E-state index contributed by atoms with van der Waals surface area (Å²) in [7, 11) is 0. The smallest absolute Gasteiger partial charge is 0.0729 e. The highest BCUT2D eigenvalue weighted by Gasteiger charge is 2.08. The fraction of sp³-hybridized carbons (Fsp3) is 0.100. The minimum atomic E-state index is 0.373. The van der Waals surface area contributed by atoms with Gasteiger partial charge in [0.1, 0.15) is 0 Å². The number of nitrogen functional groups attached to an aromatic ring is 2. The Labute approximate surface area is 85.6 Å². The molecule has 4 heteroatoms. The van der Waals surface area contributed by atoms with E-state index in [1.54, 1.807) is 17.4 Å². The number of fused-ring (bicyclic) bond motifs is 1. The number of nitrogens with zero attached hydrogens (tertiary/aromatic N) is 1. The van der Waals surface area contributed by atoms with Crippen molar-refractivity contribution in [3.63, 3.8) is 0 Å². The van der Waals surface area contributed by atoms with Crippen LogP contribution in [0, 0.1) is 11.3 Å². The first-order valence-corrected chi connectivity index (χ1v) is 5.03. The maximum atomic E-state index is 8.66. The average Bonchev–Trinajstić information content (AvgIpc) is 2.63. The molecule has 3 nitrogen and oxygen atoms in total. The Morgan fingerprint density at radius 2 is 2.21 bits per heavy atom. The van der Waals surface area contributed by atoms with Gasteiger partial charge in [-0.25, -0.2) is 0 Å². The van der Waals surface area contributed by atoms with Gasteiger partial charge in [-0.05, 0) is 28.5 Å². The molecule has 0 fully saturated rings. The maximum absolute atomic E-state index is 8.66. The van der Waals surface area contributed by atoms with Crippen LogP contribution in [0.25, 0.3) is 10.1 Å². The van der Waals surface area contributed by atoms with E-state index < -0.39 is 0 Å². The first kappa shape index (κ1) is 8.85. The van der Waals surface area contributed by atoms with Crippen LogP contribution >= 0.6 is 11.3 Å². The van der Waals surface area contributed by atoms with Crippen LogP contribution in [0.3, 0.4) is 0 Å². The molecule has 0 radical (unpaired) electrons. The van der Waals surface area contributed by atoms with Crippen molar-refractivity contribution in [1.29, 1.82) is 5.26 Å². The molecule has 4 N–H and O–H groups in total. The summed E-state index contributed by atoms with van der Waals surface area (Å²) in [6.45, 7) is 0. The van der Waals surface area contributed by atoms with E-state index >= 15 is 0 Å². The Kier molecular flexibility index (Phi) is 2.02. The van der Waals surface area contributed by atoms with E-state index in [9.17, 15) is 0 Å². The molecule has 0 aliphatic carbocycles. The Morgan fingerprint density at radius 1 is 1.43 bits per heavy atom. The standard InChI is InChI=1S/C10H9N3S/c11-3-1-6-5-8(12)9(13)10-7(6)2-4-14-10/h2,4-5H,1,12-13H2. The minimum absolute atomic E-state index is 0.373. The molecule has 0 aliphatic rings. The summed E-state index contributed by atoms with van der Waals surface area (Å²) in [5.41, 5.74) is 13.7. The Morgan fingerprint density at radius 3 is 2.93 bits per heavy atom. The summed E-state index contributed by atoms with van der Waals surface area (Å²) in [5.74, 6) is 0. The van der Waals surface area contributed by atoms with E-state index in [1.807, 2.05) is 11.4 Å². The molecule has 0 saturated heterocycles. The number of benzene rings is 1. The molecule has 0 saturated carbocycles. The third-order valence-corrected chi connectivity index (χ3v) is 3.11. The van der Waals surface area contributed by atoms with Crippen LogP contribution in [0.15, 0.2) is 17.5 Å². The molecule has 2 aromatic rings. The van der Waals surface area contributed by atoms with Gasteiger partial charge in [-0.15, -0.1) is 11.3 Å². The van der Waals surface area contributed by atoms with Crippen LogP contribution in [-0.2, 0) is 6.42 Å². The Balaban J connectivity index is 2.79. The van der Waals surface area contributed by atoms with Crippen molar-refractivity contribution in [1.82, 2.24) is 0 Å². The third-order valence-electron chi connectivity index (χ3n) is 2.17. The monoisotopic (exact) mass is 203 g/mol. The highest BCUT2D eigenvalue weighted by Crippen LogP contribution is 2.34. The number of anilines is 2. The van der Waals surface area contributed by atoms with E-state index in [0.717, 1.165) is 15.6 Å². The van der Waals surface area contributed by atoms with E-state index in [0.29, 0.717) is 17.8 Å². The van der Waals surface area contributed by atoms with Crippen LogP contribution < -0.4 is 11.5 Å². The third kappa shape index (κ3) is 1.19. The second-order valence-electron chi connectivity index (χ2n) is 3.04. The van der Waals surface area contributed by atoms with Gasteiger partial charge < -0.3 is 11.5 Å². The Hall–Kier alpha value is -1.73. The van der Waals surface area contributed by atoms with Crippen molar-refractivity contribution in [2.24, 2.45) is 0 Å². The fourth-order valence-corrected chi connectivity index (χ4v) is 2.39. The van der Waals surface area contributed by atoms with Gasteiger partial charge in [-0.1, -0.05) is 0 Å². The molecule has 0 aliphatic heterocycles. The summed E-state index contributed by atoms with van der Waals surface area (Å²) in [4.78, 5) is 0. The van der Waals surface area contributed by atoms with Crippen molar-refractivity contribution in [2.75, 3.05) is 11.5 Å². The molecular weight excluding hydrogens is 194 g/mol. The number of rotatable bonds is 1. The lowest BCUT2D eigenvalue weighted by Gasteiger charge is -2.05. The van der Waals surface area contributed by atoms with Crippen molar-refractivity contribution in [3.8, 4) is 6.07 Å². The van der Waals surface area contributed by atoms with Gasteiger partial charge in [-0.3, -0.25) is 0 Å². The van der Waals surface area contributed by atoms with Crippen LogP contribution in [0.2, 0.25) is 0 Å². The highest BCUT2D eigenvalue weighted by molar-refractivity contribution is 7.18. The molecule has 70 valence electrons. The zero-order valence-electron chi connectivity index (χ0n) is 7.45. The molecule has 1 aromatic heterocycles. The summed E-state index contributed by atoms with van der Waals surface area (Å²) >= 11 is 1.55. The van der Waals surface area contributed by atoms with Gasteiger partial charge in [0.25, 0.3) is 0 Å². The minimum Gasteiger partial charge on any atom is -0.397 e. The van der Waals surface area contributed by atoms with Gasteiger partial charge in [0.15, 0.2) is 0 Å². The molecule has 0 atom stereocenters. The predicted molar refractivity (Wildman–Crippen MR) is 60.0 cm³/mol. The number of nitriles is 1. The molecule has 1 aromatic carbocycles. The zero-order chi connectivity index (χ0) is 10.1. The molecule has 0 bridgehead atoms. The topological polar surface area (TPSA) is 75.8 Å². The average molecular weight is 203 g/mol. The summed E-state index contributed by atoms with van der Waals surface area (Å²) < 4.78 is 0.982. The maximum Gasteiger partial charge on any atom is 0.0729 e. The summed E-state index contributed by atoms with van der Waals surface area (Å²) in [5, 5.41) is 11.7. The van der Waals surface area contributed by atoms with E-state index in [-0.39, 0.29) is 0 Å². The predicted octanol–water partition coefficient (Wildman–Crippen LogP) is 2.13. The van der Waals surface area contributed by atoms with Crippen molar-refractivity contribution >= 4 is 32.8 Å². The first-order valence-electron chi connectivity index (χ1n) is 4.15. The van der Waals surface area contributed by atoms with Crippen LogP contribution in [0.5, 0.6) is 0 Å². The van der Waals surface area contributed by atoms with Gasteiger partial charge >= 0.3 is 0 Å². The quantitative estimate of drug-likeness (QED) is 0.697. The first-order chi connectivity index (χ1) is 6.74. The fourth-order valence-electron chi connectivity index (χ4n) is 1.48. The number of hydrogen-bond acceptors (Lipinski definition) is 4. The van der Waals surface area contributed by atoms with Crippen molar-refractivity contribution in [2.45, 2.75) is 6.42 Å². The lowest BCUT2D eigenvalue weighted by atomic mass is 10.1. The molecule has 0 spiro atoms. The summed E-state index contributed by atoms with van der Waals surface area (Å²) in [6, 6.07) is 5.88. The van der Waals surface area contributed by atoms with Crippen molar-refractivity contribution in [3.05, 3.63) is 23.1 Å². The summed E-state index contributed by atoms with van der Waals surface area (Å²) in [6.07, 6.45) is 0.373.